The van der Waals surface area contributed by atoms with Gasteiger partial charge in [0.15, 0.2) is 0 Å². The number of carbonyl (C=O) groups excluding carboxylic acids is 1. The van der Waals surface area contributed by atoms with Gasteiger partial charge in [-0.15, -0.1) is 0 Å². The zero-order valence-corrected chi connectivity index (χ0v) is 21.7. The Balaban J connectivity index is 1.94. The molecule has 2 atom stereocenters. The molecule has 0 heterocycles. The molecule has 1 radical (unpaired) electrons. The SMILES string of the molecule is CCOC(=O)[C@]1(O)CCc2c(C(C)(C)C)cccc2[C@@]1(O)O[Si](c1ccccc1)c1ccccc1. The number of ether oxygens (including phenoxy) is 1. The second-order valence-corrected chi connectivity index (χ2v) is 12.0. The molecule has 0 saturated heterocycles. The Labute approximate surface area is 209 Å². The number of benzene rings is 3. The lowest BCUT2D eigenvalue weighted by Crippen LogP contribution is -2.65. The standard InChI is InChI=1S/C29H33O5Si/c1-5-33-26(30)28(31)20-19-23-24(27(2,3)4)17-12-18-25(23)29(28,32)34-35(21-13-8-6-9-14-21)22-15-10-7-11-16-22/h6-18,31-32H,5,19-20H2,1-4H3/t28-,29-/m1/s1. The molecular weight excluding hydrogens is 456 g/mol. The van der Waals surface area contributed by atoms with E-state index >= 15 is 0 Å². The highest BCUT2D eigenvalue weighted by atomic mass is 28.3. The largest absolute Gasteiger partial charge is 0.464 e. The molecule has 3 aromatic carbocycles. The Morgan fingerprint density at radius 2 is 1.49 bits per heavy atom. The summed E-state index contributed by atoms with van der Waals surface area (Å²) in [5, 5.41) is 26.0. The molecule has 6 heteroatoms. The number of carbonyl (C=O) groups is 1. The van der Waals surface area contributed by atoms with E-state index in [-0.39, 0.29) is 18.4 Å². The number of hydrogen-bond donors (Lipinski definition) is 2. The summed E-state index contributed by atoms with van der Waals surface area (Å²) in [7, 11) is -2.08. The molecule has 0 fully saturated rings. The van der Waals surface area contributed by atoms with Crippen LogP contribution in [0.3, 0.4) is 0 Å². The van der Waals surface area contributed by atoms with Crippen LogP contribution < -0.4 is 10.4 Å². The van der Waals surface area contributed by atoms with E-state index in [0.717, 1.165) is 21.5 Å². The number of rotatable bonds is 6. The van der Waals surface area contributed by atoms with Crippen molar-refractivity contribution in [1.29, 1.82) is 0 Å². The fourth-order valence-corrected chi connectivity index (χ4v) is 6.95. The highest BCUT2D eigenvalue weighted by Crippen LogP contribution is 2.47. The maximum atomic E-state index is 13.2. The smallest absolute Gasteiger partial charge is 0.344 e. The van der Waals surface area contributed by atoms with Crippen molar-refractivity contribution < 1.29 is 24.2 Å². The minimum Gasteiger partial charge on any atom is -0.464 e. The van der Waals surface area contributed by atoms with Crippen LogP contribution in [0, 0.1) is 0 Å². The van der Waals surface area contributed by atoms with Gasteiger partial charge >= 0.3 is 5.97 Å². The van der Waals surface area contributed by atoms with Gasteiger partial charge in [-0.25, -0.2) is 4.79 Å². The lowest BCUT2D eigenvalue weighted by Gasteiger charge is -2.47. The third kappa shape index (κ3) is 4.59. The molecule has 0 saturated carbocycles. The van der Waals surface area contributed by atoms with Gasteiger partial charge < -0.3 is 19.4 Å². The van der Waals surface area contributed by atoms with Gasteiger partial charge in [0, 0.05) is 5.56 Å². The Bertz CT molecular complexity index is 1140. The molecule has 4 rings (SSSR count). The number of esters is 1. The molecule has 0 bridgehead atoms. The van der Waals surface area contributed by atoms with Gasteiger partial charge in [-0.05, 0) is 46.7 Å². The Kier molecular flexibility index (Phi) is 7.02. The summed E-state index contributed by atoms with van der Waals surface area (Å²) in [5.41, 5.74) is -0.0826. The summed E-state index contributed by atoms with van der Waals surface area (Å²) in [5.74, 6) is -3.18. The summed E-state index contributed by atoms with van der Waals surface area (Å²) in [6, 6.07) is 24.9. The van der Waals surface area contributed by atoms with Crippen LogP contribution in [0.2, 0.25) is 0 Å². The third-order valence-corrected chi connectivity index (χ3v) is 8.80. The van der Waals surface area contributed by atoms with E-state index in [9.17, 15) is 15.0 Å². The average Bonchev–Trinajstić information content (AvgIpc) is 2.85. The van der Waals surface area contributed by atoms with Crippen molar-refractivity contribution in [3.8, 4) is 0 Å². The van der Waals surface area contributed by atoms with Gasteiger partial charge in [0.25, 0.3) is 9.04 Å². The van der Waals surface area contributed by atoms with Crippen LogP contribution in [0.1, 0.15) is 50.8 Å². The fraction of sp³-hybridized carbons (Fsp3) is 0.345. The first-order chi connectivity index (χ1) is 16.6. The van der Waals surface area contributed by atoms with Gasteiger partial charge in [0.05, 0.1) is 6.61 Å². The first-order valence-corrected chi connectivity index (χ1v) is 13.4. The molecule has 0 spiro atoms. The molecule has 5 nitrogen and oxygen atoms in total. The van der Waals surface area contributed by atoms with E-state index in [4.69, 9.17) is 9.16 Å². The van der Waals surface area contributed by atoms with E-state index in [1.807, 2.05) is 72.8 Å². The molecule has 0 aliphatic heterocycles. The van der Waals surface area contributed by atoms with E-state index in [0.29, 0.717) is 12.0 Å². The van der Waals surface area contributed by atoms with Crippen LogP contribution in [0.15, 0.2) is 78.9 Å². The molecule has 1 aliphatic rings. The van der Waals surface area contributed by atoms with Crippen LogP contribution in [0.25, 0.3) is 0 Å². The Hall–Kier alpha value is -2.77. The quantitative estimate of drug-likeness (QED) is 0.316. The average molecular weight is 490 g/mol. The molecule has 0 aromatic heterocycles. The second-order valence-electron chi connectivity index (χ2n) is 9.97. The molecular formula is C29H33O5Si. The van der Waals surface area contributed by atoms with Crippen LogP contribution in [-0.2, 0) is 31.6 Å². The predicted octanol–water partition coefficient (Wildman–Crippen LogP) is 3.19. The molecule has 35 heavy (non-hydrogen) atoms. The van der Waals surface area contributed by atoms with Crippen molar-refractivity contribution in [2.75, 3.05) is 6.61 Å². The predicted molar refractivity (Wildman–Crippen MR) is 138 cm³/mol. The molecule has 3 aromatic rings. The minimum atomic E-state index is -2.30. The monoisotopic (exact) mass is 489 g/mol. The van der Waals surface area contributed by atoms with E-state index in [1.54, 1.807) is 13.0 Å². The first-order valence-electron chi connectivity index (χ1n) is 12.0. The van der Waals surface area contributed by atoms with Crippen molar-refractivity contribution in [1.82, 2.24) is 0 Å². The van der Waals surface area contributed by atoms with Crippen LogP contribution in [0.4, 0.5) is 0 Å². The van der Waals surface area contributed by atoms with E-state index in [2.05, 4.69) is 20.8 Å². The second kappa shape index (κ2) is 9.70. The molecule has 0 amide bonds. The van der Waals surface area contributed by atoms with Gasteiger partial charge in [0.2, 0.25) is 11.4 Å². The van der Waals surface area contributed by atoms with Crippen molar-refractivity contribution in [3.63, 3.8) is 0 Å². The highest BCUT2D eigenvalue weighted by Gasteiger charge is 2.62. The lowest BCUT2D eigenvalue weighted by molar-refractivity contribution is -0.276. The number of aliphatic hydroxyl groups is 2. The topological polar surface area (TPSA) is 76.0 Å². The zero-order chi connectivity index (χ0) is 25.3. The van der Waals surface area contributed by atoms with Gasteiger partial charge in [-0.2, -0.15) is 0 Å². The van der Waals surface area contributed by atoms with Gasteiger partial charge in [-0.3, -0.25) is 0 Å². The fourth-order valence-electron chi connectivity index (χ4n) is 4.82. The van der Waals surface area contributed by atoms with Crippen LogP contribution in [0.5, 0.6) is 0 Å². The summed E-state index contributed by atoms with van der Waals surface area (Å²) in [6.45, 7) is 8.09. The molecule has 1 aliphatic carbocycles. The Morgan fingerprint density at radius 3 is 2.00 bits per heavy atom. The summed E-state index contributed by atoms with van der Waals surface area (Å²) in [6.07, 6.45) is 0.406. The third-order valence-electron chi connectivity index (χ3n) is 6.58. The summed E-state index contributed by atoms with van der Waals surface area (Å²) < 4.78 is 11.9. The van der Waals surface area contributed by atoms with Crippen LogP contribution >= 0.6 is 0 Å². The molecule has 183 valence electrons. The van der Waals surface area contributed by atoms with Gasteiger partial charge in [0.1, 0.15) is 0 Å². The lowest BCUT2D eigenvalue weighted by atomic mass is 9.70. The van der Waals surface area contributed by atoms with Crippen molar-refractivity contribution in [3.05, 3.63) is 95.6 Å². The van der Waals surface area contributed by atoms with Crippen LogP contribution in [-0.4, -0.2) is 37.4 Å². The molecule has 2 N–H and O–H groups in total. The Morgan fingerprint density at radius 1 is 0.914 bits per heavy atom. The van der Waals surface area contributed by atoms with Gasteiger partial charge in [-0.1, -0.05) is 99.6 Å². The maximum absolute atomic E-state index is 13.2. The number of fused-ring (bicyclic) bond motifs is 1. The van der Waals surface area contributed by atoms with Crippen molar-refractivity contribution in [2.45, 2.75) is 57.3 Å². The maximum Gasteiger partial charge on any atom is 0.344 e. The number of hydrogen-bond acceptors (Lipinski definition) is 5. The first kappa shape index (κ1) is 25.3. The zero-order valence-electron chi connectivity index (χ0n) is 20.7. The normalized spacial score (nSPS) is 22.0. The van der Waals surface area contributed by atoms with E-state index in [1.165, 1.54) is 0 Å². The summed E-state index contributed by atoms with van der Waals surface area (Å²) in [4.78, 5) is 13.2. The summed E-state index contributed by atoms with van der Waals surface area (Å²) >= 11 is 0. The van der Waals surface area contributed by atoms with Crippen molar-refractivity contribution >= 4 is 25.4 Å². The minimum absolute atomic E-state index is 0.0127. The van der Waals surface area contributed by atoms with E-state index < -0.39 is 26.4 Å². The van der Waals surface area contributed by atoms with Crippen molar-refractivity contribution in [2.24, 2.45) is 0 Å². The molecule has 0 unspecified atom stereocenters. The highest BCUT2D eigenvalue weighted by molar-refractivity contribution is 6.80.